The number of hydrogen-bond donors (Lipinski definition) is 1. The fourth-order valence-electron chi connectivity index (χ4n) is 1.81. The second-order valence-corrected chi connectivity index (χ2v) is 5.95. The molecule has 2 aromatic rings. The van der Waals surface area contributed by atoms with Crippen LogP contribution in [0.1, 0.15) is 18.1 Å². The number of carbonyl (C=O) groups is 1. The number of nitrogens with zero attached hydrogens (tertiary/aromatic N) is 1. The zero-order valence-corrected chi connectivity index (χ0v) is 13.1. The van der Waals surface area contributed by atoms with E-state index in [9.17, 15) is 18.0 Å². The van der Waals surface area contributed by atoms with Crippen LogP contribution in [0, 0.1) is 13.8 Å². The molecule has 0 radical (unpaired) electrons. The number of amides is 1. The van der Waals surface area contributed by atoms with Crippen molar-refractivity contribution >= 4 is 32.6 Å². The van der Waals surface area contributed by atoms with Crippen molar-refractivity contribution in [1.29, 1.82) is 0 Å². The molecule has 0 fully saturated rings. The number of ether oxygens (including phenoxy) is 1. The van der Waals surface area contributed by atoms with Crippen LogP contribution in [0.15, 0.2) is 12.1 Å². The zero-order chi connectivity index (χ0) is 16.5. The molecule has 1 amide bonds. The van der Waals surface area contributed by atoms with Crippen molar-refractivity contribution in [3.63, 3.8) is 0 Å². The van der Waals surface area contributed by atoms with Gasteiger partial charge in [0.2, 0.25) is 0 Å². The number of alkyl halides is 3. The summed E-state index contributed by atoms with van der Waals surface area (Å²) in [4.78, 5) is 16.2. The number of hydrogen-bond acceptors (Lipinski definition) is 4. The van der Waals surface area contributed by atoms with Crippen LogP contribution < -0.4 is 5.32 Å². The molecule has 1 unspecified atom stereocenters. The summed E-state index contributed by atoms with van der Waals surface area (Å²) in [6, 6.07) is 3.88. The van der Waals surface area contributed by atoms with Gasteiger partial charge in [-0.05, 0) is 31.9 Å². The number of benzene rings is 1. The van der Waals surface area contributed by atoms with E-state index >= 15 is 0 Å². The van der Waals surface area contributed by atoms with Crippen LogP contribution in [-0.4, -0.2) is 29.8 Å². The van der Waals surface area contributed by atoms with Gasteiger partial charge in [-0.3, -0.25) is 10.1 Å². The second-order valence-electron chi connectivity index (χ2n) is 4.95. The highest BCUT2D eigenvalue weighted by Crippen LogP contribution is 2.31. The highest BCUT2D eigenvalue weighted by Gasteiger charge is 2.30. The number of thiazole rings is 1. The molecule has 0 aliphatic rings. The van der Waals surface area contributed by atoms with Crippen molar-refractivity contribution in [3.05, 3.63) is 23.3 Å². The Morgan fingerprint density at radius 1 is 1.36 bits per heavy atom. The Labute approximate surface area is 129 Å². The normalized spacial score (nSPS) is 13.4. The Morgan fingerprint density at radius 3 is 2.59 bits per heavy atom. The lowest BCUT2D eigenvalue weighted by atomic mass is 10.1. The number of aromatic nitrogens is 1. The van der Waals surface area contributed by atoms with Crippen LogP contribution in [0.4, 0.5) is 18.3 Å². The average Bonchev–Trinajstić information content (AvgIpc) is 2.84. The van der Waals surface area contributed by atoms with Crippen molar-refractivity contribution in [3.8, 4) is 0 Å². The van der Waals surface area contributed by atoms with Gasteiger partial charge in [-0.15, -0.1) is 0 Å². The Hall–Kier alpha value is -1.67. The summed E-state index contributed by atoms with van der Waals surface area (Å²) in [7, 11) is 0. The molecule has 2 rings (SSSR count). The van der Waals surface area contributed by atoms with Crippen LogP contribution >= 0.6 is 11.3 Å². The van der Waals surface area contributed by atoms with Crippen LogP contribution in [0.2, 0.25) is 0 Å². The third kappa shape index (κ3) is 3.95. The van der Waals surface area contributed by atoms with E-state index in [1.165, 1.54) is 18.3 Å². The molecule has 1 aromatic heterocycles. The van der Waals surface area contributed by atoms with Gasteiger partial charge < -0.3 is 4.74 Å². The fourth-order valence-corrected chi connectivity index (χ4v) is 2.83. The predicted octanol–water partition coefficient (Wildman–Crippen LogP) is 3.82. The van der Waals surface area contributed by atoms with Crippen molar-refractivity contribution in [2.45, 2.75) is 33.1 Å². The molecule has 0 saturated heterocycles. The summed E-state index contributed by atoms with van der Waals surface area (Å²) in [6.45, 7) is 3.65. The molecule has 0 aliphatic heterocycles. The Bertz CT molecular complexity index is 658. The number of rotatable bonds is 4. The van der Waals surface area contributed by atoms with Gasteiger partial charge in [0.1, 0.15) is 12.7 Å². The fraction of sp³-hybridized carbons (Fsp3) is 0.429. The smallest absolute Gasteiger partial charge is 0.359 e. The molecule has 8 heteroatoms. The summed E-state index contributed by atoms with van der Waals surface area (Å²) in [5, 5.41) is 2.85. The molecular formula is C14H15F3N2O2S. The van der Waals surface area contributed by atoms with Gasteiger partial charge in [0.15, 0.2) is 5.13 Å². The third-order valence-electron chi connectivity index (χ3n) is 3.04. The van der Waals surface area contributed by atoms with Crippen molar-refractivity contribution < 1.29 is 22.7 Å². The number of anilines is 1. The van der Waals surface area contributed by atoms with Gasteiger partial charge in [-0.1, -0.05) is 23.5 Å². The molecular weight excluding hydrogens is 317 g/mol. The molecule has 120 valence electrons. The first kappa shape index (κ1) is 16.7. The maximum Gasteiger partial charge on any atom is 0.411 e. The van der Waals surface area contributed by atoms with Gasteiger partial charge in [0, 0.05) is 0 Å². The summed E-state index contributed by atoms with van der Waals surface area (Å²) >= 11 is 1.29. The standard InChI is InChI=1S/C14H15F3N2O2S/c1-7-4-5-8(2)11-10(7)18-13(22-11)19-12(20)9(3)21-6-14(15,16)17/h4-5,9H,6H2,1-3H3,(H,18,19,20). The van der Waals surface area contributed by atoms with E-state index in [4.69, 9.17) is 0 Å². The SMILES string of the molecule is Cc1ccc(C)c2sc(NC(=O)C(C)OCC(F)(F)F)nc12. The number of fused-ring (bicyclic) bond motifs is 1. The average molecular weight is 332 g/mol. The number of halogens is 3. The minimum atomic E-state index is -4.46. The molecule has 0 spiro atoms. The lowest BCUT2D eigenvalue weighted by molar-refractivity contribution is -0.184. The summed E-state index contributed by atoms with van der Waals surface area (Å²) in [6.07, 6.45) is -5.67. The van der Waals surface area contributed by atoms with Crippen molar-refractivity contribution in [1.82, 2.24) is 4.98 Å². The molecule has 0 saturated carbocycles. The van der Waals surface area contributed by atoms with Gasteiger partial charge in [-0.2, -0.15) is 13.2 Å². The first-order chi connectivity index (χ1) is 10.2. The summed E-state index contributed by atoms with van der Waals surface area (Å²) in [5.74, 6) is -0.654. The molecule has 22 heavy (non-hydrogen) atoms. The second kappa shape index (κ2) is 6.21. The molecule has 0 bridgehead atoms. The quantitative estimate of drug-likeness (QED) is 0.926. The minimum Gasteiger partial charge on any atom is -0.359 e. The van der Waals surface area contributed by atoms with E-state index in [1.807, 2.05) is 26.0 Å². The lowest BCUT2D eigenvalue weighted by Crippen LogP contribution is -2.31. The van der Waals surface area contributed by atoms with Crippen LogP contribution in [0.5, 0.6) is 0 Å². The minimum absolute atomic E-state index is 0.347. The number of carbonyl (C=O) groups excluding carboxylic acids is 1. The maximum atomic E-state index is 12.1. The predicted molar refractivity (Wildman–Crippen MR) is 79.2 cm³/mol. The monoisotopic (exact) mass is 332 g/mol. The van der Waals surface area contributed by atoms with Crippen molar-refractivity contribution in [2.75, 3.05) is 11.9 Å². The van der Waals surface area contributed by atoms with E-state index in [2.05, 4.69) is 15.0 Å². The van der Waals surface area contributed by atoms with Crippen LogP contribution in [0.25, 0.3) is 10.2 Å². The number of nitrogens with one attached hydrogen (secondary N) is 1. The lowest BCUT2D eigenvalue weighted by Gasteiger charge is -2.13. The first-order valence-electron chi connectivity index (χ1n) is 6.53. The molecule has 0 aliphatic carbocycles. The van der Waals surface area contributed by atoms with Gasteiger partial charge in [-0.25, -0.2) is 4.98 Å². The Balaban J connectivity index is 2.09. The molecule has 1 atom stereocenters. The highest BCUT2D eigenvalue weighted by molar-refractivity contribution is 7.22. The Kier molecular flexibility index (Phi) is 4.72. The molecule has 1 aromatic carbocycles. The van der Waals surface area contributed by atoms with E-state index in [0.29, 0.717) is 5.13 Å². The zero-order valence-electron chi connectivity index (χ0n) is 12.2. The first-order valence-corrected chi connectivity index (χ1v) is 7.35. The Morgan fingerprint density at radius 2 is 2.00 bits per heavy atom. The summed E-state index contributed by atoms with van der Waals surface area (Å²) in [5.41, 5.74) is 2.78. The van der Waals surface area contributed by atoms with E-state index in [-0.39, 0.29) is 0 Å². The van der Waals surface area contributed by atoms with E-state index in [0.717, 1.165) is 21.3 Å². The van der Waals surface area contributed by atoms with Crippen LogP contribution in [-0.2, 0) is 9.53 Å². The third-order valence-corrected chi connectivity index (χ3v) is 4.14. The summed E-state index contributed by atoms with van der Waals surface area (Å²) < 4.78 is 41.6. The van der Waals surface area contributed by atoms with E-state index < -0.39 is 24.8 Å². The van der Waals surface area contributed by atoms with Gasteiger partial charge in [0.25, 0.3) is 5.91 Å². The highest BCUT2D eigenvalue weighted by atomic mass is 32.1. The van der Waals surface area contributed by atoms with Gasteiger partial charge >= 0.3 is 6.18 Å². The maximum absolute atomic E-state index is 12.1. The molecule has 1 heterocycles. The van der Waals surface area contributed by atoms with E-state index in [1.54, 1.807) is 0 Å². The van der Waals surface area contributed by atoms with Crippen molar-refractivity contribution in [2.24, 2.45) is 0 Å². The number of aryl methyl sites for hydroxylation is 2. The molecule has 1 N–H and O–H groups in total. The molecule has 4 nitrogen and oxygen atoms in total. The largest absolute Gasteiger partial charge is 0.411 e. The van der Waals surface area contributed by atoms with Gasteiger partial charge in [0.05, 0.1) is 10.2 Å². The topological polar surface area (TPSA) is 51.2 Å². The van der Waals surface area contributed by atoms with Crippen LogP contribution in [0.3, 0.4) is 0 Å².